The lowest BCUT2D eigenvalue weighted by Gasteiger charge is -2.05. The van der Waals surface area contributed by atoms with Gasteiger partial charge in [0.05, 0.1) is 27.4 Å². The molecule has 3 aromatic heterocycles. The van der Waals surface area contributed by atoms with E-state index in [2.05, 4.69) is 29.9 Å². The van der Waals surface area contributed by atoms with Gasteiger partial charge in [0.1, 0.15) is 9.88 Å². The summed E-state index contributed by atoms with van der Waals surface area (Å²) in [6.07, 6.45) is -2.78. The minimum Gasteiger partial charge on any atom is -0.475 e. The number of fused-ring (bicyclic) bond motifs is 1. The number of alkyl halides is 3. The van der Waals surface area contributed by atoms with Crippen molar-refractivity contribution in [3.05, 3.63) is 73.8 Å². The zero-order valence-corrected chi connectivity index (χ0v) is 22.5. The number of carboxylic acids is 1. The van der Waals surface area contributed by atoms with Crippen LogP contribution < -0.4 is 5.32 Å². The van der Waals surface area contributed by atoms with Crippen molar-refractivity contribution in [3.8, 4) is 11.4 Å². The second kappa shape index (κ2) is 11.5. The monoisotopic (exact) mass is 594 g/mol. The molecule has 5 aromatic rings. The Morgan fingerprint density at radius 2 is 1.90 bits per heavy atom. The largest absolute Gasteiger partial charge is 0.490 e. The second-order valence-corrected chi connectivity index (χ2v) is 10.5. The molecule has 0 atom stereocenters. The van der Waals surface area contributed by atoms with Crippen molar-refractivity contribution < 1.29 is 27.9 Å². The van der Waals surface area contributed by atoms with Crippen LogP contribution in [0.5, 0.6) is 0 Å². The summed E-state index contributed by atoms with van der Waals surface area (Å²) in [6, 6.07) is 11.5. The van der Waals surface area contributed by atoms with Crippen LogP contribution in [0.15, 0.2) is 42.6 Å². The van der Waals surface area contributed by atoms with E-state index in [4.69, 9.17) is 21.5 Å². The lowest BCUT2D eigenvalue weighted by atomic mass is 10.1. The third-order valence-electron chi connectivity index (χ3n) is 5.18. The van der Waals surface area contributed by atoms with Gasteiger partial charge < -0.3 is 10.4 Å². The third kappa shape index (κ3) is 6.77. The van der Waals surface area contributed by atoms with Gasteiger partial charge in [-0.1, -0.05) is 29.8 Å². The molecule has 5 rings (SSSR count). The van der Waals surface area contributed by atoms with Crippen molar-refractivity contribution in [2.75, 3.05) is 5.32 Å². The van der Waals surface area contributed by atoms with Crippen molar-refractivity contribution in [1.82, 2.24) is 24.5 Å². The van der Waals surface area contributed by atoms with Gasteiger partial charge in [-0.2, -0.15) is 22.6 Å². The second-order valence-electron chi connectivity index (χ2n) is 8.04. The summed E-state index contributed by atoms with van der Waals surface area (Å²) in [5.74, 6) is -2.31. The molecule has 0 saturated carbocycles. The van der Waals surface area contributed by atoms with Gasteiger partial charge in [0.25, 0.3) is 5.91 Å². The molecule has 0 spiro atoms. The summed E-state index contributed by atoms with van der Waals surface area (Å²) in [5, 5.41) is 20.3. The standard InChI is InChI=1S/C22H17ClN6OS2.C2HF3O2/c1-11-20(31-12(2)25-11)22(30)26-15-5-3-4-14(8-15)21-27-18(32-29-21)9-13-6-7-17-16(19(13)23)10-24-28-17;3-2(4,5)1(6)7/h3-8,10H,9H2,1-2H3,(H,24,28)(H,26,30);(H,6,7). The number of aryl methyl sites for hydroxylation is 2. The lowest BCUT2D eigenvalue weighted by molar-refractivity contribution is -0.192. The first-order chi connectivity index (χ1) is 18.4. The highest BCUT2D eigenvalue weighted by atomic mass is 35.5. The zero-order valence-electron chi connectivity index (χ0n) is 20.1. The number of hydrogen-bond acceptors (Lipinski definition) is 8. The van der Waals surface area contributed by atoms with Crippen LogP contribution in [-0.4, -0.2) is 47.7 Å². The van der Waals surface area contributed by atoms with Crippen molar-refractivity contribution in [2.45, 2.75) is 26.4 Å². The molecule has 0 aliphatic rings. The first-order valence-electron chi connectivity index (χ1n) is 11.0. The molecule has 202 valence electrons. The van der Waals surface area contributed by atoms with Crippen LogP contribution in [0.3, 0.4) is 0 Å². The number of carboxylic acid groups (broad SMARTS) is 1. The summed E-state index contributed by atoms with van der Waals surface area (Å²) in [6.45, 7) is 3.73. The Morgan fingerprint density at radius 3 is 2.56 bits per heavy atom. The lowest BCUT2D eigenvalue weighted by Crippen LogP contribution is -2.21. The average molecular weight is 595 g/mol. The summed E-state index contributed by atoms with van der Waals surface area (Å²) in [7, 11) is 0. The van der Waals surface area contributed by atoms with Crippen molar-refractivity contribution in [1.29, 1.82) is 0 Å². The predicted molar refractivity (Wildman–Crippen MR) is 142 cm³/mol. The Bertz CT molecular complexity index is 1660. The Kier molecular flexibility index (Phi) is 8.28. The van der Waals surface area contributed by atoms with Crippen LogP contribution in [0.4, 0.5) is 18.9 Å². The number of benzene rings is 2. The van der Waals surface area contributed by atoms with E-state index < -0.39 is 12.1 Å². The number of rotatable bonds is 5. The Labute approximate surface area is 231 Å². The van der Waals surface area contributed by atoms with E-state index in [-0.39, 0.29) is 5.91 Å². The third-order valence-corrected chi connectivity index (χ3v) is 7.41. The molecule has 0 saturated heterocycles. The minimum atomic E-state index is -5.08. The van der Waals surface area contributed by atoms with Crippen molar-refractivity contribution in [3.63, 3.8) is 0 Å². The average Bonchev–Trinajstić information content (AvgIpc) is 3.61. The number of anilines is 1. The fourth-order valence-electron chi connectivity index (χ4n) is 3.44. The quantitative estimate of drug-likeness (QED) is 0.218. The van der Waals surface area contributed by atoms with Crippen LogP contribution in [0.25, 0.3) is 22.3 Å². The van der Waals surface area contributed by atoms with E-state index in [1.807, 2.05) is 50.2 Å². The number of hydrogen-bond donors (Lipinski definition) is 3. The number of thiazole rings is 1. The van der Waals surface area contributed by atoms with Crippen molar-refractivity contribution >= 4 is 62.9 Å². The number of amides is 1. The van der Waals surface area contributed by atoms with Gasteiger partial charge in [-0.15, -0.1) is 11.3 Å². The Hall–Kier alpha value is -3.88. The summed E-state index contributed by atoms with van der Waals surface area (Å²) in [5.41, 5.74) is 4.12. The van der Waals surface area contributed by atoms with Gasteiger partial charge in [0.2, 0.25) is 0 Å². The van der Waals surface area contributed by atoms with Crippen molar-refractivity contribution in [2.24, 2.45) is 0 Å². The van der Waals surface area contributed by atoms with E-state index in [1.165, 1.54) is 22.9 Å². The highest BCUT2D eigenvalue weighted by Crippen LogP contribution is 2.29. The van der Waals surface area contributed by atoms with Gasteiger partial charge in [0.15, 0.2) is 5.82 Å². The molecule has 0 unspecified atom stereocenters. The molecular formula is C24H18ClF3N6O3S2. The first-order valence-corrected chi connectivity index (χ1v) is 13.0. The zero-order chi connectivity index (χ0) is 28.3. The Balaban J connectivity index is 0.000000448. The number of nitrogens with zero attached hydrogens (tertiary/aromatic N) is 4. The molecule has 0 aliphatic carbocycles. The molecule has 0 aliphatic heterocycles. The predicted octanol–water partition coefficient (Wildman–Crippen LogP) is 6.28. The molecule has 39 heavy (non-hydrogen) atoms. The summed E-state index contributed by atoms with van der Waals surface area (Å²) in [4.78, 5) is 31.1. The van der Waals surface area contributed by atoms with E-state index >= 15 is 0 Å². The van der Waals surface area contributed by atoms with Crippen LogP contribution >= 0.6 is 34.5 Å². The molecule has 3 heterocycles. The topological polar surface area (TPSA) is 134 Å². The maximum absolute atomic E-state index is 12.6. The number of H-pyrrole nitrogens is 1. The van der Waals surface area contributed by atoms with E-state index in [0.717, 1.165) is 37.7 Å². The Morgan fingerprint density at radius 1 is 1.15 bits per heavy atom. The highest BCUT2D eigenvalue weighted by Gasteiger charge is 2.38. The molecule has 15 heteroatoms. The number of aliphatic carboxylic acids is 1. The molecule has 1 amide bonds. The van der Waals surface area contributed by atoms with E-state index in [1.54, 1.807) is 6.20 Å². The van der Waals surface area contributed by atoms with Crippen LogP contribution in [0.1, 0.15) is 30.9 Å². The van der Waals surface area contributed by atoms with Crippen LogP contribution in [-0.2, 0) is 11.2 Å². The van der Waals surface area contributed by atoms with Gasteiger partial charge >= 0.3 is 12.1 Å². The fourth-order valence-corrected chi connectivity index (χ4v) is 5.22. The molecule has 3 N–H and O–H groups in total. The molecule has 0 fully saturated rings. The van der Waals surface area contributed by atoms with E-state index in [0.29, 0.717) is 27.8 Å². The smallest absolute Gasteiger partial charge is 0.475 e. The fraction of sp³-hybridized carbons (Fsp3) is 0.167. The molecule has 9 nitrogen and oxygen atoms in total. The number of aromatic nitrogens is 5. The highest BCUT2D eigenvalue weighted by molar-refractivity contribution is 7.13. The number of aromatic amines is 1. The summed E-state index contributed by atoms with van der Waals surface area (Å²) < 4.78 is 36.2. The minimum absolute atomic E-state index is 0.165. The first kappa shape index (κ1) is 28.1. The number of carbonyl (C=O) groups is 2. The summed E-state index contributed by atoms with van der Waals surface area (Å²) >= 11 is 9.27. The number of carbonyl (C=O) groups excluding carboxylic acids is 1. The number of halogens is 4. The van der Waals surface area contributed by atoms with Gasteiger partial charge in [-0.3, -0.25) is 9.89 Å². The van der Waals surface area contributed by atoms with Crippen LogP contribution in [0.2, 0.25) is 5.02 Å². The number of nitrogens with one attached hydrogen (secondary N) is 2. The molecule has 0 bridgehead atoms. The molecule has 2 aromatic carbocycles. The molecular weight excluding hydrogens is 577 g/mol. The van der Waals surface area contributed by atoms with Crippen LogP contribution in [0, 0.1) is 13.8 Å². The van der Waals surface area contributed by atoms with E-state index in [9.17, 15) is 18.0 Å². The van der Waals surface area contributed by atoms with Gasteiger partial charge in [0, 0.05) is 23.1 Å². The SMILES string of the molecule is Cc1nc(C)c(C(=O)Nc2cccc(-c3nsc(Cc4ccc5[nH]ncc5c4Cl)n3)c2)s1.O=C(O)C(F)(F)F. The maximum Gasteiger partial charge on any atom is 0.490 e. The van der Waals surface area contributed by atoms with Gasteiger partial charge in [-0.05, 0) is 49.1 Å². The normalized spacial score (nSPS) is 11.2. The van der Waals surface area contributed by atoms with Gasteiger partial charge in [-0.25, -0.2) is 14.8 Å². The maximum atomic E-state index is 12.6. The molecule has 0 radical (unpaired) electrons.